The predicted octanol–water partition coefficient (Wildman–Crippen LogP) is 1.36. The van der Waals surface area contributed by atoms with Gasteiger partial charge in [0, 0.05) is 29.8 Å². The quantitative estimate of drug-likeness (QED) is 0.530. The molecule has 0 radical (unpaired) electrons. The van der Waals surface area contributed by atoms with Crippen LogP contribution >= 0.6 is 0 Å². The van der Waals surface area contributed by atoms with Crippen molar-refractivity contribution < 1.29 is 4.68 Å². The molecular weight excluding hydrogens is 186 g/mol. The van der Waals surface area contributed by atoms with E-state index < -0.39 is 0 Å². The normalized spacial score (nSPS) is 14.1. The summed E-state index contributed by atoms with van der Waals surface area (Å²) in [5, 5.41) is 3.29. The van der Waals surface area contributed by atoms with Gasteiger partial charge in [-0.1, -0.05) is 4.68 Å². The molecule has 0 aliphatic heterocycles. The van der Waals surface area contributed by atoms with Gasteiger partial charge in [-0.3, -0.25) is 0 Å². The van der Waals surface area contributed by atoms with E-state index in [1.807, 2.05) is 24.3 Å². The fourth-order valence-corrected chi connectivity index (χ4v) is 2.24. The molecule has 15 heavy (non-hydrogen) atoms. The van der Waals surface area contributed by atoms with Crippen molar-refractivity contribution in [3.8, 4) is 5.69 Å². The minimum Gasteiger partial charge on any atom is -0.399 e. The molecule has 76 valence electrons. The summed E-state index contributed by atoms with van der Waals surface area (Å²) in [5.41, 5.74) is 10.5. The number of nitrogen functional groups attached to an aromatic ring is 1. The minimum absolute atomic E-state index is 0.808. The highest BCUT2D eigenvalue weighted by molar-refractivity contribution is 5.41. The molecule has 3 rings (SSSR count). The van der Waals surface area contributed by atoms with Crippen LogP contribution in [0.5, 0.6) is 0 Å². The second-order valence-corrected chi connectivity index (χ2v) is 4.03. The van der Waals surface area contributed by atoms with Crippen LogP contribution in [-0.4, -0.2) is 5.10 Å². The van der Waals surface area contributed by atoms with Crippen LogP contribution in [0.4, 0.5) is 5.69 Å². The van der Waals surface area contributed by atoms with Crippen molar-refractivity contribution in [2.75, 3.05) is 5.73 Å². The molecule has 3 N–H and O–H groups in total. The first-order valence-corrected chi connectivity index (χ1v) is 5.32. The number of anilines is 1. The lowest BCUT2D eigenvalue weighted by molar-refractivity contribution is -0.662. The number of nitrogens with two attached hydrogens (primary N) is 1. The van der Waals surface area contributed by atoms with Gasteiger partial charge in [-0.25, -0.2) is 0 Å². The summed E-state index contributed by atoms with van der Waals surface area (Å²) >= 11 is 0. The van der Waals surface area contributed by atoms with Gasteiger partial charge in [0.2, 0.25) is 11.4 Å². The van der Waals surface area contributed by atoms with Gasteiger partial charge in [0.25, 0.3) is 0 Å². The molecular formula is C12H14N3+. The summed E-state index contributed by atoms with van der Waals surface area (Å²) < 4.78 is 2.15. The lowest BCUT2D eigenvalue weighted by Gasteiger charge is -1.95. The van der Waals surface area contributed by atoms with E-state index in [0.29, 0.717) is 0 Å². The molecule has 2 aromatic rings. The number of fused-ring (bicyclic) bond motifs is 1. The smallest absolute Gasteiger partial charge is 0.235 e. The number of nitrogens with one attached hydrogen (secondary N) is 1. The Balaban J connectivity index is 2.09. The summed E-state index contributed by atoms with van der Waals surface area (Å²) in [6.45, 7) is 0. The highest BCUT2D eigenvalue weighted by Gasteiger charge is 2.25. The van der Waals surface area contributed by atoms with Gasteiger partial charge in [0.05, 0.1) is 6.20 Å². The van der Waals surface area contributed by atoms with Crippen molar-refractivity contribution >= 4 is 5.69 Å². The molecule has 1 aromatic carbocycles. The molecule has 0 unspecified atom stereocenters. The Morgan fingerprint density at radius 2 is 1.93 bits per heavy atom. The molecule has 0 atom stereocenters. The monoisotopic (exact) mass is 200 g/mol. The second-order valence-electron chi connectivity index (χ2n) is 4.03. The molecule has 0 saturated carbocycles. The summed E-state index contributed by atoms with van der Waals surface area (Å²) in [5.74, 6) is 0. The van der Waals surface area contributed by atoms with Crippen LogP contribution in [-0.2, 0) is 12.8 Å². The zero-order chi connectivity index (χ0) is 10.3. The van der Waals surface area contributed by atoms with Gasteiger partial charge in [0.15, 0.2) is 0 Å². The van der Waals surface area contributed by atoms with Crippen LogP contribution in [0.25, 0.3) is 5.69 Å². The summed E-state index contributed by atoms with van der Waals surface area (Å²) in [7, 11) is 0. The number of hydrogen-bond acceptors (Lipinski definition) is 1. The van der Waals surface area contributed by atoms with Gasteiger partial charge in [-0.15, -0.1) is 0 Å². The highest BCUT2D eigenvalue weighted by atomic mass is 15.3. The Morgan fingerprint density at radius 3 is 2.73 bits per heavy atom. The molecule has 0 bridgehead atoms. The zero-order valence-electron chi connectivity index (χ0n) is 8.53. The Hall–Kier alpha value is -1.77. The molecule has 0 spiro atoms. The molecule has 0 fully saturated rings. The van der Waals surface area contributed by atoms with Crippen LogP contribution in [0.2, 0.25) is 0 Å². The number of nitrogens with zero attached hydrogens (tertiary/aromatic N) is 1. The van der Waals surface area contributed by atoms with Gasteiger partial charge in [0.1, 0.15) is 0 Å². The first-order chi connectivity index (χ1) is 7.34. The number of rotatable bonds is 1. The topological polar surface area (TPSA) is 45.7 Å². The fraction of sp³-hybridized carbons (Fsp3) is 0.250. The van der Waals surface area contributed by atoms with E-state index in [0.717, 1.165) is 11.4 Å². The standard InChI is InChI=1S/C12H13N3/c13-10-4-6-11(7-5-10)15-12-3-1-2-9(12)8-14-15/h4-8H,1-3,13H2/p+1. The molecule has 1 heterocycles. The molecule has 3 nitrogen and oxygen atoms in total. The lowest BCUT2D eigenvalue weighted by atomic mass is 10.2. The average Bonchev–Trinajstić information content (AvgIpc) is 2.80. The van der Waals surface area contributed by atoms with Crippen molar-refractivity contribution in [3.63, 3.8) is 0 Å². The van der Waals surface area contributed by atoms with Crippen LogP contribution in [0.1, 0.15) is 17.7 Å². The third-order valence-electron chi connectivity index (χ3n) is 3.02. The maximum absolute atomic E-state index is 5.67. The van der Waals surface area contributed by atoms with E-state index in [9.17, 15) is 0 Å². The van der Waals surface area contributed by atoms with E-state index in [4.69, 9.17) is 5.73 Å². The SMILES string of the molecule is Nc1ccc(-[n+]2[nH]cc3c2CCC3)cc1. The number of benzene rings is 1. The Morgan fingerprint density at radius 1 is 1.13 bits per heavy atom. The molecule has 3 heteroatoms. The van der Waals surface area contributed by atoms with Crippen molar-refractivity contribution in [1.29, 1.82) is 0 Å². The number of H-pyrrole nitrogens is 1. The third kappa shape index (κ3) is 1.31. The molecule has 0 amide bonds. The largest absolute Gasteiger partial charge is 0.399 e. The van der Waals surface area contributed by atoms with E-state index in [1.54, 1.807) is 0 Å². The van der Waals surface area contributed by atoms with Crippen molar-refractivity contribution in [2.45, 2.75) is 19.3 Å². The van der Waals surface area contributed by atoms with Gasteiger partial charge in [-0.05, 0) is 25.0 Å². The third-order valence-corrected chi connectivity index (χ3v) is 3.02. The summed E-state index contributed by atoms with van der Waals surface area (Å²) in [6.07, 6.45) is 5.75. The van der Waals surface area contributed by atoms with Gasteiger partial charge in [-0.2, -0.15) is 5.10 Å². The fourth-order valence-electron chi connectivity index (χ4n) is 2.24. The Labute approximate surface area is 88.5 Å². The second kappa shape index (κ2) is 3.12. The maximum Gasteiger partial charge on any atom is 0.235 e. The highest BCUT2D eigenvalue weighted by Crippen LogP contribution is 2.18. The van der Waals surface area contributed by atoms with E-state index in [2.05, 4.69) is 16.0 Å². The first-order valence-electron chi connectivity index (χ1n) is 5.32. The van der Waals surface area contributed by atoms with Gasteiger partial charge < -0.3 is 5.73 Å². The average molecular weight is 200 g/mol. The number of aromatic amines is 1. The summed E-state index contributed by atoms with van der Waals surface area (Å²) in [6, 6.07) is 7.96. The van der Waals surface area contributed by atoms with Gasteiger partial charge >= 0.3 is 0 Å². The molecule has 1 aromatic heterocycles. The van der Waals surface area contributed by atoms with Crippen LogP contribution in [0, 0.1) is 0 Å². The zero-order valence-corrected chi connectivity index (χ0v) is 8.53. The Kier molecular flexibility index (Phi) is 1.78. The van der Waals surface area contributed by atoms with E-state index >= 15 is 0 Å². The van der Waals surface area contributed by atoms with Crippen molar-refractivity contribution in [1.82, 2.24) is 5.10 Å². The molecule has 1 aliphatic rings. The summed E-state index contributed by atoms with van der Waals surface area (Å²) in [4.78, 5) is 0. The minimum atomic E-state index is 0.808. The van der Waals surface area contributed by atoms with Crippen LogP contribution < -0.4 is 10.4 Å². The van der Waals surface area contributed by atoms with Crippen molar-refractivity contribution in [2.24, 2.45) is 0 Å². The van der Waals surface area contributed by atoms with Crippen LogP contribution in [0.3, 0.4) is 0 Å². The predicted molar refractivity (Wildman–Crippen MR) is 58.8 cm³/mol. The lowest BCUT2D eigenvalue weighted by Crippen LogP contribution is -2.36. The number of aromatic nitrogens is 2. The Bertz CT molecular complexity index is 482. The van der Waals surface area contributed by atoms with E-state index in [-0.39, 0.29) is 0 Å². The first kappa shape index (κ1) is 8.53. The van der Waals surface area contributed by atoms with E-state index in [1.165, 1.54) is 30.5 Å². The number of hydrogen-bond donors (Lipinski definition) is 2. The maximum atomic E-state index is 5.67. The molecule has 1 aliphatic carbocycles. The van der Waals surface area contributed by atoms with Crippen molar-refractivity contribution in [3.05, 3.63) is 41.7 Å². The molecule has 0 saturated heterocycles. The number of aryl methyl sites for hydroxylation is 1. The van der Waals surface area contributed by atoms with Crippen LogP contribution in [0.15, 0.2) is 30.5 Å².